The number of amides is 2. The fourth-order valence-electron chi connectivity index (χ4n) is 4.41. The van der Waals surface area contributed by atoms with E-state index in [2.05, 4.69) is 5.32 Å². The van der Waals surface area contributed by atoms with Crippen molar-refractivity contribution >= 4 is 35.0 Å². The van der Waals surface area contributed by atoms with E-state index in [0.29, 0.717) is 35.1 Å². The number of ether oxygens (including phenoxy) is 2. The maximum Gasteiger partial charge on any atom is 0.247 e. The lowest BCUT2D eigenvalue weighted by atomic mass is 9.94. The Bertz CT molecular complexity index is 962. The zero-order valence-electron chi connectivity index (χ0n) is 19.7. The first-order valence-electron chi connectivity index (χ1n) is 11.6. The number of nitrogens with zero attached hydrogens (tertiary/aromatic N) is 1. The van der Waals surface area contributed by atoms with Crippen LogP contribution in [0.3, 0.4) is 0 Å². The zero-order chi connectivity index (χ0) is 24.5. The van der Waals surface area contributed by atoms with Gasteiger partial charge in [0.25, 0.3) is 0 Å². The number of hydrogen-bond acceptors (Lipinski definition) is 4. The van der Waals surface area contributed by atoms with Gasteiger partial charge in [0, 0.05) is 17.6 Å². The van der Waals surface area contributed by atoms with Crippen LogP contribution < -0.4 is 14.8 Å². The van der Waals surface area contributed by atoms with E-state index in [0.717, 1.165) is 31.2 Å². The first-order valence-corrected chi connectivity index (χ1v) is 12.5. The molecule has 3 rings (SSSR count). The van der Waals surface area contributed by atoms with Crippen LogP contribution in [-0.4, -0.2) is 49.4 Å². The number of carbonyl (C=O) groups is 2. The summed E-state index contributed by atoms with van der Waals surface area (Å²) in [6.45, 7) is 0.312. The topological polar surface area (TPSA) is 67.9 Å². The molecule has 34 heavy (non-hydrogen) atoms. The summed E-state index contributed by atoms with van der Waals surface area (Å²) < 4.78 is 10.7. The zero-order valence-corrected chi connectivity index (χ0v) is 21.2. The number of benzene rings is 2. The molecule has 8 heteroatoms. The van der Waals surface area contributed by atoms with Crippen molar-refractivity contribution in [3.8, 4) is 11.5 Å². The second kappa shape index (κ2) is 12.9. The number of hydrogen-bond donors (Lipinski definition) is 1. The molecule has 0 aliphatic heterocycles. The third-order valence-electron chi connectivity index (χ3n) is 6.22. The SMILES string of the molecule is COc1ccc(CCN(C(=O)CCl)[C@H](C(=O)NC2CCCCC2)c2ccc(Cl)cc2)cc1OC. The highest BCUT2D eigenvalue weighted by Gasteiger charge is 2.32. The quantitative estimate of drug-likeness (QED) is 0.452. The summed E-state index contributed by atoms with van der Waals surface area (Å²) in [6, 6.07) is 12.0. The summed E-state index contributed by atoms with van der Waals surface area (Å²) in [7, 11) is 3.16. The highest BCUT2D eigenvalue weighted by molar-refractivity contribution is 6.30. The smallest absolute Gasteiger partial charge is 0.247 e. The summed E-state index contributed by atoms with van der Waals surface area (Å²) >= 11 is 12.1. The van der Waals surface area contributed by atoms with Gasteiger partial charge in [-0.3, -0.25) is 9.59 Å². The lowest BCUT2D eigenvalue weighted by molar-refractivity contribution is -0.139. The van der Waals surface area contributed by atoms with Crippen LogP contribution in [0.1, 0.15) is 49.3 Å². The largest absolute Gasteiger partial charge is 0.493 e. The average molecular weight is 507 g/mol. The van der Waals surface area contributed by atoms with Crippen LogP contribution in [0.25, 0.3) is 0 Å². The molecule has 0 saturated heterocycles. The van der Waals surface area contributed by atoms with Gasteiger partial charge in [-0.05, 0) is 54.7 Å². The Morgan fingerprint density at radius 3 is 2.32 bits per heavy atom. The normalized spacial score (nSPS) is 14.8. The molecule has 1 N–H and O–H groups in total. The number of halogens is 2. The minimum Gasteiger partial charge on any atom is -0.493 e. The Hall–Kier alpha value is -2.44. The van der Waals surface area contributed by atoms with Crippen molar-refractivity contribution < 1.29 is 19.1 Å². The molecule has 0 aromatic heterocycles. The standard InChI is InChI=1S/C26H32Cl2N2O4/c1-33-22-13-8-18(16-23(22)34-2)14-15-30(24(31)17-27)25(19-9-11-20(28)12-10-19)26(32)29-21-6-4-3-5-7-21/h8-13,16,21,25H,3-7,14-15,17H2,1-2H3,(H,29,32)/t25-/m0/s1. The third-order valence-corrected chi connectivity index (χ3v) is 6.70. The summed E-state index contributed by atoms with van der Waals surface area (Å²) in [4.78, 5) is 28.1. The van der Waals surface area contributed by atoms with Gasteiger partial charge in [-0.1, -0.05) is 49.1 Å². The molecule has 0 unspecified atom stereocenters. The number of methoxy groups -OCH3 is 2. The fraction of sp³-hybridized carbons (Fsp3) is 0.462. The van der Waals surface area contributed by atoms with Crippen LogP contribution in [0, 0.1) is 0 Å². The summed E-state index contributed by atoms with van der Waals surface area (Å²) in [5.74, 6) is 0.526. The van der Waals surface area contributed by atoms with Crippen LogP contribution in [0.2, 0.25) is 5.02 Å². The molecular weight excluding hydrogens is 475 g/mol. The van der Waals surface area contributed by atoms with Crippen molar-refractivity contribution in [2.24, 2.45) is 0 Å². The van der Waals surface area contributed by atoms with Gasteiger partial charge >= 0.3 is 0 Å². The van der Waals surface area contributed by atoms with Gasteiger partial charge in [-0.25, -0.2) is 0 Å². The second-order valence-corrected chi connectivity index (χ2v) is 9.16. The molecule has 0 radical (unpaired) electrons. The van der Waals surface area contributed by atoms with Crippen LogP contribution >= 0.6 is 23.2 Å². The van der Waals surface area contributed by atoms with E-state index >= 15 is 0 Å². The molecule has 2 aromatic carbocycles. The van der Waals surface area contributed by atoms with E-state index in [4.69, 9.17) is 32.7 Å². The lowest BCUT2D eigenvalue weighted by Crippen LogP contribution is -2.48. The number of rotatable bonds is 10. The van der Waals surface area contributed by atoms with E-state index in [-0.39, 0.29) is 23.7 Å². The molecular formula is C26H32Cl2N2O4. The Balaban J connectivity index is 1.87. The lowest BCUT2D eigenvalue weighted by Gasteiger charge is -2.33. The molecule has 1 saturated carbocycles. The van der Waals surface area contributed by atoms with E-state index in [9.17, 15) is 9.59 Å². The highest BCUT2D eigenvalue weighted by atomic mass is 35.5. The number of nitrogens with one attached hydrogen (secondary N) is 1. The predicted molar refractivity (Wildman–Crippen MR) is 135 cm³/mol. The summed E-state index contributed by atoms with van der Waals surface area (Å²) in [5, 5.41) is 3.74. The van der Waals surface area contributed by atoms with Crippen molar-refractivity contribution in [2.45, 2.75) is 50.6 Å². The van der Waals surface area contributed by atoms with Crippen LogP contribution in [0.15, 0.2) is 42.5 Å². The van der Waals surface area contributed by atoms with Gasteiger partial charge in [-0.2, -0.15) is 0 Å². The maximum absolute atomic E-state index is 13.5. The van der Waals surface area contributed by atoms with Crippen molar-refractivity contribution in [3.63, 3.8) is 0 Å². The first kappa shape index (κ1) is 26.2. The molecule has 0 heterocycles. The van der Waals surface area contributed by atoms with Gasteiger partial charge in [0.1, 0.15) is 11.9 Å². The molecule has 2 amide bonds. The van der Waals surface area contributed by atoms with Gasteiger partial charge in [0.15, 0.2) is 11.5 Å². The second-order valence-electron chi connectivity index (χ2n) is 8.46. The van der Waals surface area contributed by atoms with Gasteiger partial charge in [0.2, 0.25) is 11.8 Å². The molecule has 1 aliphatic carbocycles. The van der Waals surface area contributed by atoms with Crippen molar-refractivity contribution in [3.05, 3.63) is 58.6 Å². The molecule has 0 spiro atoms. The van der Waals surface area contributed by atoms with Crippen LogP contribution in [0.5, 0.6) is 11.5 Å². The Labute approximate surface area is 211 Å². The van der Waals surface area contributed by atoms with Crippen LogP contribution in [0.4, 0.5) is 0 Å². The third kappa shape index (κ3) is 6.80. The molecule has 1 atom stereocenters. The Kier molecular flexibility index (Phi) is 9.90. The van der Waals surface area contributed by atoms with E-state index < -0.39 is 6.04 Å². The minimum absolute atomic E-state index is 0.120. The maximum atomic E-state index is 13.5. The predicted octanol–water partition coefficient (Wildman–Crippen LogP) is 5.16. The van der Waals surface area contributed by atoms with E-state index in [1.165, 1.54) is 6.42 Å². The van der Waals surface area contributed by atoms with Crippen molar-refractivity contribution in [2.75, 3.05) is 26.6 Å². The molecule has 6 nitrogen and oxygen atoms in total. The first-order chi connectivity index (χ1) is 16.5. The van der Waals surface area contributed by atoms with Crippen LogP contribution in [-0.2, 0) is 16.0 Å². The molecule has 1 aliphatic rings. The Morgan fingerprint density at radius 2 is 1.71 bits per heavy atom. The van der Waals surface area contributed by atoms with Gasteiger partial charge in [-0.15, -0.1) is 11.6 Å². The molecule has 0 bridgehead atoms. The molecule has 184 valence electrons. The minimum atomic E-state index is -0.800. The van der Waals surface area contributed by atoms with Gasteiger partial charge < -0.3 is 19.7 Å². The van der Waals surface area contributed by atoms with Gasteiger partial charge in [0.05, 0.1) is 14.2 Å². The van der Waals surface area contributed by atoms with Crippen molar-refractivity contribution in [1.82, 2.24) is 10.2 Å². The highest BCUT2D eigenvalue weighted by Crippen LogP contribution is 2.29. The number of carbonyl (C=O) groups excluding carboxylic acids is 2. The van der Waals surface area contributed by atoms with E-state index in [1.54, 1.807) is 43.4 Å². The fourth-order valence-corrected chi connectivity index (χ4v) is 4.68. The summed E-state index contributed by atoms with van der Waals surface area (Å²) in [6.07, 6.45) is 5.81. The van der Waals surface area contributed by atoms with E-state index in [1.807, 2.05) is 18.2 Å². The summed E-state index contributed by atoms with van der Waals surface area (Å²) in [5.41, 5.74) is 1.65. The average Bonchev–Trinajstić information content (AvgIpc) is 2.87. The molecule has 2 aromatic rings. The molecule has 1 fully saturated rings. The monoisotopic (exact) mass is 506 g/mol. The Morgan fingerprint density at radius 1 is 1.03 bits per heavy atom. The van der Waals surface area contributed by atoms with Crippen molar-refractivity contribution in [1.29, 1.82) is 0 Å². The number of alkyl halides is 1.